The lowest BCUT2D eigenvalue weighted by Crippen LogP contribution is -2.39. The third-order valence-electron chi connectivity index (χ3n) is 3.76. The average Bonchev–Trinajstić information content (AvgIpc) is 2.43. The lowest BCUT2D eigenvalue weighted by atomic mass is 9.81. The lowest BCUT2D eigenvalue weighted by Gasteiger charge is -2.29. The number of ether oxygens (including phenoxy) is 1. The van der Waals surface area contributed by atoms with E-state index in [9.17, 15) is 10.1 Å². The van der Waals surface area contributed by atoms with Gasteiger partial charge in [-0.1, -0.05) is 6.07 Å². The number of nitriles is 1. The Morgan fingerprint density at radius 3 is 2.58 bits per heavy atom. The molecule has 2 rings (SSSR count). The summed E-state index contributed by atoms with van der Waals surface area (Å²) in [5, 5.41) is 12.2. The van der Waals surface area contributed by atoms with Gasteiger partial charge in [0, 0.05) is 18.9 Å². The van der Waals surface area contributed by atoms with Crippen molar-refractivity contribution in [3.05, 3.63) is 29.3 Å². The number of hydrogen-bond acceptors (Lipinski definition) is 3. The van der Waals surface area contributed by atoms with Gasteiger partial charge in [0.05, 0.1) is 6.07 Å². The Balaban J connectivity index is 2.15. The van der Waals surface area contributed by atoms with Crippen molar-refractivity contribution < 1.29 is 9.53 Å². The number of carbonyl (C=O) groups excluding carboxylic acids is 1. The smallest absolute Gasteiger partial charge is 0.245 e. The fraction of sp³-hybridized carbons (Fsp3) is 0.467. The van der Waals surface area contributed by atoms with Crippen molar-refractivity contribution in [3.63, 3.8) is 0 Å². The van der Waals surface area contributed by atoms with Gasteiger partial charge in [0.25, 0.3) is 0 Å². The molecule has 0 atom stereocenters. The van der Waals surface area contributed by atoms with Gasteiger partial charge in [-0.25, -0.2) is 0 Å². The second kappa shape index (κ2) is 5.41. The van der Waals surface area contributed by atoms with Gasteiger partial charge in [-0.05, 0) is 49.9 Å². The Morgan fingerprint density at radius 2 is 2.00 bits per heavy atom. The summed E-state index contributed by atoms with van der Waals surface area (Å²) in [6, 6.07) is 7.93. The van der Waals surface area contributed by atoms with Gasteiger partial charge < -0.3 is 10.1 Å². The number of aryl methyl sites for hydroxylation is 2. The third kappa shape index (κ3) is 2.77. The molecule has 1 heterocycles. The fourth-order valence-electron chi connectivity index (χ4n) is 2.18. The van der Waals surface area contributed by atoms with E-state index in [1.165, 1.54) is 5.56 Å². The van der Waals surface area contributed by atoms with Gasteiger partial charge in [-0.3, -0.25) is 4.79 Å². The molecule has 0 aromatic heterocycles. The molecule has 100 valence electrons. The Bertz CT molecular complexity index is 525. The second-order valence-electron chi connectivity index (χ2n) is 5.06. The molecule has 0 radical (unpaired) electrons. The van der Waals surface area contributed by atoms with E-state index >= 15 is 0 Å². The highest BCUT2D eigenvalue weighted by Crippen LogP contribution is 2.31. The summed E-state index contributed by atoms with van der Waals surface area (Å²) in [7, 11) is 0. The minimum atomic E-state index is -0.947. The van der Waals surface area contributed by atoms with Crippen LogP contribution in [0.1, 0.15) is 24.0 Å². The number of nitrogens with zero attached hydrogens (tertiary/aromatic N) is 1. The Hall–Kier alpha value is -1.86. The lowest BCUT2D eigenvalue weighted by molar-refractivity contribution is -0.126. The predicted molar refractivity (Wildman–Crippen MR) is 72.6 cm³/mol. The molecule has 0 saturated carbocycles. The molecule has 4 heteroatoms. The third-order valence-corrected chi connectivity index (χ3v) is 3.76. The number of nitrogens with one attached hydrogen (secondary N) is 1. The maximum Gasteiger partial charge on any atom is 0.245 e. The standard InChI is InChI=1S/C15H18N2O2/c1-11-3-4-13(9-12(11)2)17-14(18)15(10-16)5-7-19-8-6-15/h3-4,9H,5-8H2,1-2H3,(H,17,18). The molecule has 0 aliphatic carbocycles. The van der Waals surface area contributed by atoms with Crippen molar-refractivity contribution in [3.8, 4) is 6.07 Å². The largest absolute Gasteiger partial charge is 0.381 e. The summed E-state index contributed by atoms with van der Waals surface area (Å²) < 4.78 is 5.23. The first-order chi connectivity index (χ1) is 9.07. The normalized spacial score (nSPS) is 17.5. The molecule has 0 bridgehead atoms. The maximum atomic E-state index is 12.3. The van der Waals surface area contributed by atoms with Gasteiger partial charge in [0.2, 0.25) is 5.91 Å². The number of rotatable bonds is 2. The molecule has 1 N–H and O–H groups in total. The van der Waals surface area contributed by atoms with Crippen molar-refractivity contribution in [2.24, 2.45) is 5.41 Å². The van der Waals surface area contributed by atoms with Crippen LogP contribution in [-0.4, -0.2) is 19.1 Å². The van der Waals surface area contributed by atoms with Crippen molar-refractivity contribution in [2.75, 3.05) is 18.5 Å². The van der Waals surface area contributed by atoms with Crippen LogP contribution in [0.4, 0.5) is 5.69 Å². The molecular formula is C15H18N2O2. The minimum absolute atomic E-state index is 0.221. The van der Waals surface area contributed by atoms with Crippen LogP contribution in [0.2, 0.25) is 0 Å². The van der Waals surface area contributed by atoms with Gasteiger partial charge in [-0.15, -0.1) is 0 Å². The SMILES string of the molecule is Cc1ccc(NC(=O)C2(C#N)CCOCC2)cc1C. The number of benzene rings is 1. The van der Waals surface area contributed by atoms with Crippen LogP contribution in [0.3, 0.4) is 0 Å². The second-order valence-corrected chi connectivity index (χ2v) is 5.06. The van der Waals surface area contributed by atoms with E-state index in [0.717, 1.165) is 11.3 Å². The highest BCUT2D eigenvalue weighted by molar-refractivity contribution is 5.97. The van der Waals surface area contributed by atoms with E-state index in [1.54, 1.807) is 0 Å². The molecule has 0 spiro atoms. The quantitative estimate of drug-likeness (QED) is 0.886. The van der Waals surface area contributed by atoms with Crippen molar-refractivity contribution >= 4 is 11.6 Å². The molecule has 1 aromatic carbocycles. The first kappa shape index (κ1) is 13.6. The minimum Gasteiger partial charge on any atom is -0.381 e. The van der Waals surface area contributed by atoms with E-state index in [1.807, 2.05) is 32.0 Å². The van der Waals surface area contributed by atoms with Crippen LogP contribution in [0, 0.1) is 30.6 Å². The average molecular weight is 258 g/mol. The van der Waals surface area contributed by atoms with Crippen LogP contribution in [0.15, 0.2) is 18.2 Å². The summed E-state index contributed by atoms with van der Waals surface area (Å²) in [5.41, 5.74) is 2.10. The van der Waals surface area contributed by atoms with E-state index < -0.39 is 5.41 Å². The molecule has 19 heavy (non-hydrogen) atoms. The summed E-state index contributed by atoms with van der Waals surface area (Å²) in [4.78, 5) is 12.3. The van der Waals surface area contributed by atoms with Gasteiger partial charge >= 0.3 is 0 Å². The topological polar surface area (TPSA) is 62.1 Å². The Labute approximate surface area is 113 Å². The highest BCUT2D eigenvalue weighted by Gasteiger charge is 2.40. The van der Waals surface area contributed by atoms with E-state index in [0.29, 0.717) is 26.1 Å². The van der Waals surface area contributed by atoms with Crippen molar-refractivity contribution in [2.45, 2.75) is 26.7 Å². The summed E-state index contributed by atoms with van der Waals surface area (Å²) in [6.07, 6.45) is 0.917. The Morgan fingerprint density at radius 1 is 1.32 bits per heavy atom. The Kier molecular flexibility index (Phi) is 3.87. The number of hydrogen-bond donors (Lipinski definition) is 1. The highest BCUT2D eigenvalue weighted by atomic mass is 16.5. The summed E-state index contributed by atoms with van der Waals surface area (Å²) in [6.45, 7) is 4.96. The van der Waals surface area contributed by atoms with Crippen LogP contribution in [0.5, 0.6) is 0 Å². The van der Waals surface area contributed by atoms with Crippen molar-refractivity contribution in [1.82, 2.24) is 0 Å². The van der Waals surface area contributed by atoms with Gasteiger partial charge in [0.1, 0.15) is 5.41 Å². The summed E-state index contributed by atoms with van der Waals surface area (Å²) >= 11 is 0. The zero-order valence-corrected chi connectivity index (χ0v) is 11.3. The zero-order valence-electron chi connectivity index (χ0n) is 11.3. The van der Waals surface area contributed by atoms with E-state index in [-0.39, 0.29) is 5.91 Å². The fourth-order valence-corrected chi connectivity index (χ4v) is 2.18. The number of anilines is 1. The molecule has 1 aliphatic rings. The summed E-state index contributed by atoms with van der Waals surface area (Å²) in [5.74, 6) is -0.221. The maximum absolute atomic E-state index is 12.3. The first-order valence-corrected chi connectivity index (χ1v) is 6.45. The molecule has 1 saturated heterocycles. The van der Waals surface area contributed by atoms with Gasteiger partial charge in [0.15, 0.2) is 0 Å². The molecular weight excluding hydrogens is 240 g/mol. The molecule has 1 aromatic rings. The van der Waals surface area contributed by atoms with Crippen LogP contribution in [0.25, 0.3) is 0 Å². The molecule has 4 nitrogen and oxygen atoms in total. The molecule has 1 fully saturated rings. The molecule has 0 unspecified atom stereocenters. The first-order valence-electron chi connectivity index (χ1n) is 6.45. The molecule has 1 amide bonds. The predicted octanol–water partition coefficient (Wildman–Crippen LogP) is 2.56. The van der Waals surface area contributed by atoms with E-state index in [4.69, 9.17) is 4.74 Å². The monoisotopic (exact) mass is 258 g/mol. The number of carbonyl (C=O) groups is 1. The van der Waals surface area contributed by atoms with Crippen LogP contribution in [-0.2, 0) is 9.53 Å². The molecule has 1 aliphatic heterocycles. The van der Waals surface area contributed by atoms with E-state index in [2.05, 4.69) is 11.4 Å². The van der Waals surface area contributed by atoms with Crippen LogP contribution >= 0.6 is 0 Å². The van der Waals surface area contributed by atoms with Crippen molar-refractivity contribution in [1.29, 1.82) is 5.26 Å². The van der Waals surface area contributed by atoms with Crippen LogP contribution < -0.4 is 5.32 Å². The van der Waals surface area contributed by atoms with Gasteiger partial charge in [-0.2, -0.15) is 5.26 Å². The number of amides is 1. The zero-order chi connectivity index (χ0) is 13.9.